The van der Waals surface area contributed by atoms with Gasteiger partial charge >= 0.3 is 0 Å². The molecule has 20 heavy (non-hydrogen) atoms. The third kappa shape index (κ3) is 2.48. The summed E-state index contributed by atoms with van der Waals surface area (Å²) in [6.07, 6.45) is 5.30. The second kappa shape index (κ2) is 5.53. The van der Waals surface area contributed by atoms with E-state index in [4.69, 9.17) is 0 Å². The van der Waals surface area contributed by atoms with Gasteiger partial charge in [-0.3, -0.25) is 9.59 Å². The lowest BCUT2D eigenvalue weighted by atomic mass is 9.86. The standard InChI is InChI=1S/C15H17N3O2/c19-14(11-6-2-1-3-7-11)10-18-15(20)12-8-4-5-9-13(12)16-17-18/h4-5,8-9,11H,1-3,6-7,10H2. The maximum Gasteiger partial charge on any atom is 0.278 e. The molecule has 0 radical (unpaired) electrons. The van der Waals surface area contributed by atoms with E-state index in [1.54, 1.807) is 18.2 Å². The molecule has 1 heterocycles. The predicted molar refractivity (Wildman–Crippen MR) is 75.4 cm³/mol. The van der Waals surface area contributed by atoms with Crippen molar-refractivity contribution in [1.29, 1.82) is 0 Å². The Bertz CT molecular complexity index is 687. The number of fused-ring (bicyclic) bond motifs is 1. The Morgan fingerprint density at radius 2 is 1.95 bits per heavy atom. The van der Waals surface area contributed by atoms with Crippen molar-refractivity contribution in [1.82, 2.24) is 15.0 Å². The van der Waals surface area contributed by atoms with E-state index in [0.717, 1.165) is 25.7 Å². The second-order valence-corrected chi connectivity index (χ2v) is 5.37. The molecular formula is C15H17N3O2. The molecule has 1 aliphatic carbocycles. The van der Waals surface area contributed by atoms with Gasteiger partial charge in [-0.05, 0) is 25.0 Å². The summed E-state index contributed by atoms with van der Waals surface area (Å²) in [7, 11) is 0. The van der Waals surface area contributed by atoms with E-state index in [9.17, 15) is 9.59 Å². The van der Waals surface area contributed by atoms with Gasteiger partial charge in [-0.2, -0.15) is 0 Å². The van der Waals surface area contributed by atoms with Crippen molar-refractivity contribution in [2.24, 2.45) is 5.92 Å². The highest BCUT2D eigenvalue weighted by molar-refractivity contribution is 5.81. The van der Waals surface area contributed by atoms with Crippen molar-refractivity contribution in [2.45, 2.75) is 38.6 Å². The maximum absolute atomic E-state index is 12.3. The summed E-state index contributed by atoms with van der Waals surface area (Å²) in [4.78, 5) is 24.5. The zero-order valence-corrected chi connectivity index (χ0v) is 11.3. The summed E-state index contributed by atoms with van der Waals surface area (Å²) < 4.78 is 1.19. The number of ketones is 1. The van der Waals surface area contributed by atoms with Crippen molar-refractivity contribution in [2.75, 3.05) is 0 Å². The number of Topliss-reactive ketones (excluding diaryl/α,β-unsaturated/α-hetero) is 1. The lowest BCUT2D eigenvalue weighted by Gasteiger charge is -2.20. The van der Waals surface area contributed by atoms with Crippen LogP contribution in [0.15, 0.2) is 29.1 Å². The van der Waals surface area contributed by atoms with E-state index in [0.29, 0.717) is 10.9 Å². The van der Waals surface area contributed by atoms with Crippen LogP contribution in [0.5, 0.6) is 0 Å². The molecule has 3 rings (SSSR count). The first kappa shape index (κ1) is 13.0. The van der Waals surface area contributed by atoms with Gasteiger partial charge in [0.05, 0.1) is 5.39 Å². The zero-order valence-electron chi connectivity index (χ0n) is 11.3. The molecule has 5 nitrogen and oxygen atoms in total. The Hall–Kier alpha value is -2.04. The smallest absolute Gasteiger partial charge is 0.278 e. The van der Waals surface area contributed by atoms with E-state index in [-0.39, 0.29) is 23.8 Å². The normalized spacial score (nSPS) is 16.4. The molecular weight excluding hydrogens is 254 g/mol. The number of aromatic nitrogens is 3. The zero-order chi connectivity index (χ0) is 13.9. The average Bonchev–Trinajstić information content (AvgIpc) is 2.51. The summed E-state index contributed by atoms with van der Waals surface area (Å²) in [5.74, 6) is 0.195. The van der Waals surface area contributed by atoms with E-state index >= 15 is 0 Å². The fourth-order valence-corrected chi connectivity index (χ4v) is 2.83. The van der Waals surface area contributed by atoms with Crippen LogP contribution in [0.3, 0.4) is 0 Å². The van der Waals surface area contributed by atoms with Crippen molar-refractivity contribution in [3.63, 3.8) is 0 Å². The largest absolute Gasteiger partial charge is 0.297 e. The minimum absolute atomic E-state index is 0.0430. The van der Waals surface area contributed by atoms with Crippen LogP contribution in [0.1, 0.15) is 32.1 Å². The molecule has 5 heteroatoms. The van der Waals surface area contributed by atoms with Crippen molar-refractivity contribution in [3.8, 4) is 0 Å². The number of nitrogens with zero attached hydrogens (tertiary/aromatic N) is 3. The highest BCUT2D eigenvalue weighted by Gasteiger charge is 2.22. The van der Waals surface area contributed by atoms with Crippen molar-refractivity contribution in [3.05, 3.63) is 34.6 Å². The van der Waals surface area contributed by atoms with Crippen LogP contribution in [-0.2, 0) is 11.3 Å². The SMILES string of the molecule is O=C(Cn1nnc2ccccc2c1=O)C1CCCCC1. The van der Waals surface area contributed by atoms with Crippen LogP contribution in [-0.4, -0.2) is 20.8 Å². The van der Waals surface area contributed by atoms with Crippen LogP contribution in [0.25, 0.3) is 10.9 Å². The van der Waals surface area contributed by atoms with Crippen LogP contribution < -0.4 is 5.56 Å². The molecule has 0 N–H and O–H groups in total. The Kier molecular flexibility index (Phi) is 3.58. The van der Waals surface area contributed by atoms with Crippen LogP contribution >= 0.6 is 0 Å². The number of carbonyl (C=O) groups is 1. The molecule has 0 saturated heterocycles. The summed E-state index contributed by atoms with van der Waals surface area (Å²) in [6.45, 7) is 0.0430. The first-order chi connectivity index (χ1) is 9.75. The van der Waals surface area contributed by atoms with Crippen LogP contribution in [0.2, 0.25) is 0 Å². The summed E-state index contributed by atoms with van der Waals surface area (Å²) in [5.41, 5.74) is 0.332. The van der Waals surface area contributed by atoms with Gasteiger partial charge in [-0.15, -0.1) is 5.10 Å². The Morgan fingerprint density at radius 3 is 2.75 bits per heavy atom. The molecule has 0 atom stereocenters. The third-order valence-electron chi connectivity index (χ3n) is 4.00. The Morgan fingerprint density at radius 1 is 1.20 bits per heavy atom. The first-order valence-corrected chi connectivity index (χ1v) is 7.11. The van der Waals surface area contributed by atoms with Crippen molar-refractivity contribution < 1.29 is 4.79 Å². The predicted octanol–water partition coefficient (Wildman–Crippen LogP) is 1.94. The molecule has 1 aromatic heterocycles. The van der Waals surface area contributed by atoms with Gasteiger partial charge in [0.2, 0.25) is 0 Å². The number of hydrogen-bond acceptors (Lipinski definition) is 4. The highest BCUT2D eigenvalue weighted by Crippen LogP contribution is 2.24. The monoisotopic (exact) mass is 271 g/mol. The molecule has 1 aromatic carbocycles. The molecule has 0 amide bonds. The maximum atomic E-state index is 12.3. The number of rotatable bonds is 3. The fourth-order valence-electron chi connectivity index (χ4n) is 2.83. The molecule has 0 unspecified atom stereocenters. The fraction of sp³-hybridized carbons (Fsp3) is 0.467. The van der Waals surface area contributed by atoms with Gasteiger partial charge in [-0.25, -0.2) is 4.68 Å². The molecule has 1 aliphatic rings. The molecule has 1 saturated carbocycles. The van der Waals surface area contributed by atoms with Gasteiger partial charge in [-0.1, -0.05) is 36.6 Å². The lowest BCUT2D eigenvalue weighted by molar-refractivity contribution is -0.124. The minimum Gasteiger partial charge on any atom is -0.297 e. The van der Waals surface area contributed by atoms with Gasteiger partial charge in [0.1, 0.15) is 12.1 Å². The Balaban J connectivity index is 1.85. The van der Waals surface area contributed by atoms with Gasteiger partial charge in [0.25, 0.3) is 5.56 Å². The molecule has 0 spiro atoms. The summed E-state index contributed by atoms with van der Waals surface area (Å²) >= 11 is 0. The van der Waals surface area contributed by atoms with Gasteiger partial charge in [0.15, 0.2) is 5.78 Å². The molecule has 2 aromatic rings. The van der Waals surface area contributed by atoms with Crippen LogP contribution in [0.4, 0.5) is 0 Å². The van der Waals surface area contributed by atoms with E-state index in [1.165, 1.54) is 11.1 Å². The van der Waals surface area contributed by atoms with E-state index < -0.39 is 0 Å². The number of carbonyl (C=O) groups excluding carboxylic acids is 1. The highest BCUT2D eigenvalue weighted by atomic mass is 16.1. The molecule has 1 fully saturated rings. The summed E-state index contributed by atoms with van der Waals surface area (Å²) in [6, 6.07) is 7.07. The average molecular weight is 271 g/mol. The van der Waals surface area contributed by atoms with E-state index in [1.807, 2.05) is 6.07 Å². The van der Waals surface area contributed by atoms with E-state index in [2.05, 4.69) is 10.3 Å². The van der Waals surface area contributed by atoms with Crippen LogP contribution in [0, 0.1) is 5.92 Å². The van der Waals surface area contributed by atoms with Gasteiger partial charge < -0.3 is 0 Å². The van der Waals surface area contributed by atoms with Gasteiger partial charge in [0, 0.05) is 5.92 Å². The first-order valence-electron chi connectivity index (χ1n) is 7.11. The summed E-state index contributed by atoms with van der Waals surface area (Å²) in [5, 5.41) is 8.39. The second-order valence-electron chi connectivity index (χ2n) is 5.37. The quantitative estimate of drug-likeness (QED) is 0.855. The number of hydrogen-bond donors (Lipinski definition) is 0. The minimum atomic E-state index is -0.236. The topological polar surface area (TPSA) is 64.8 Å². The molecule has 0 aliphatic heterocycles. The molecule has 104 valence electrons. The Labute approximate surface area is 116 Å². The van der Waals surface area contributed by atoms with Crippen molar-refractivity contribution >= 4 is 16.7 Å². The molecule has 0 bridgehead atoms. The third-order valence-corrected chi connectivity index (χ3v) is 4.00. The number of benzene rings is 1. The lowest BCUT2D eigenvalue weighted by Crippen LogP contribution is -2.31.